The number of aliphatic hydroxyl groups excluding tert-OH is 1. The number of fused-ring (bicyclic) bond motifs is 4. The summed E-state index contributed by atoms with van der Waals surface area (Å²) in [5.41, 5.74) is 5.01. The third-order valence-electron chi connectivity index (χ3n) is 12.4. The lowest BCUT2D eigenvalue weighted by molar-refractivity contribution is -0.0336. The molecular weight excluding hydrogens is 853 g/mol. The molecule has 3 fully saturated rings. The number of aromatic hydroxyl groups is 1. The number of aromatic nitrogens is 1. The molecule has 1 aromatic heterocycles. The summed E-state index contributed by atoms with van der Waals surface area (Å²) in [6.07, 6.45) is 0.683. The van der Waals surface area contributed by atoms with E-state index in [1.807, 2.05) is 73.7 Å². The highest BCUT2D eigenvalue weighted by Gasteiger charge is 2.37. The normalized spacial score (nSPS) is 17.3. The number of amides is 3. The number of carbonyl (C=O) groups is 3. The van der Waals surface area contributed by atoms with Crippen LogP contribution in [0.1, 0.15) is 70.1 Å². The second-order valence-corrected chi connectivity index (χ2v) is 16.9. The standard InChI is InChI=1S/C52H56N6O9/c1-2-58(51(63)54-40-17-13-34(14-18-40)30-53-31-45(60)42-19-21-44(59)49-43(42)20-22-47(61)55-49)27-28-65-50(62)38-15-11-35(12-16-38)33-66-41-10-6-9-39(29-41)48(37-7-4-3-5-8-37)56-52(64)67-46-32-57-25-23-36(46)24-26-57/h3-22,29,36,45-46,48,53,59-60H,2,23-28,30-33H2,1H3,(H,54,63)(H,55,61)(H,56,64)/t45?,46?,48-/m0/s1. The van der Waals surface area contributed by atoms with Crippen LogP contribution in [-0.2, 0) is 22.6 Å². The second kappa shape index (κ2) is 21.9. The van der Waals surface area contributed by atoms with Crippen molar-refractivity contribution in [2.75, 3.05) is 51.2 Å². The Bertz CT molecular complexity index is 2690. The molecule has 67 heavy (non-hydrogen) atoms. The third kappa shape index (κ3) is 12.0. The molecule has 4 heterocycles. The van der Waals surface area contributed by atoms with Crippen molar-refractivity contribution in [3.8, 4) is 11.5 Å². The molecule has 15 nitrogen and oxygen atoms in total. The maximum atomic E-state index is 13.3. The van der Waals surface area contributed by atoms with E-state index in [4.69, 9.17) is 14.2 Å². The van der Waals surface area contributed by atoms with Gasteiger partial charge < -0.3 is 50.3 Å². The Morgan fingerprint density at radius 2 is 1.61 bits per heavy atom. The summed E-state index contributed by atoms with van der Waals surface area (Å²) in [5.74, 6) is 0.454. The van der Waals surface area contributed by atoms with Gasteiger partial charge in [0.05, 0.1) is 29.8 Å². The van der Waals surface area contributed by atoms with Crippen LogP contribution in [0.4, 0.5) is 15.3 Å². The number of phenolic OH excluding ortho intramolecular Hbond substituents is 1. The number of rotatable bonds is 18. The van der Waals surface area contributed by atoms with Crippen molar-refractivity contribution in [2.45, 2.75) is 51.2 Å². The molecule has 6 N–H and O–H groups in total. The first-order chi connectivity index (χ1) is 32.6. The fraction of sp³-hybridized carbons (Fsp3) is 0.308. The fourth-order valence-electron chi connectivity index (χ4n) is 8.68. The molecule has 3 aliphatic heterocycles. The van der Waals surface area contributed by atoms with Gasteiger partial charge in [-0.15, -0.1) is 0 Å². The first-order valence-electron chi connectivity index (χ1n) is 22.7. The average molecular weight is 909 g/mol. The molecule has 2 unspecified atom stereocenters. The molecular formula is C52H56N6O9. The molecule has 3 atom stereocenters. The van der Waals surface area contributed by atoms with Crippen LogP contribution in [-0.4, -0.2) is 95.1 Å². The van der Waals surface area contributed by atoms with Crippen LogP contribution in [0.15, 0.2) is 132 Å². The van der Waals surface area contributed by atoms with Crippen molar-refractivity contribution >= 4 is 34.7 Å². The zero-order valence-corrected chi connectivity index (χ0v) is 37.4. The topological polar surface area (TPSA) is 195 Å². The van der Waals surface area contributed by atoms with Crippen LogP contribution in [0.25, 0.3) is 10.9 Å². The number of nitrogens with zero attached hydrogens (tertiary/aromatic N) is 2. The molecule has 3 amide bonds. The molecule has 6 aromatic rings. The number of aliphatic hydroxyl groups is 1. The maximum absolute atomic E-state index is 13.3. The minimum atomic E-state index is -0.890. The number of carbonyl (C=O) groups excluding carboxylic acids is 3. The molecule has 0 spiro atoms. The molecule has 0 radical (unpaired) electrons. The number of piperidine rings is 3. The van der Waals surface area contributed by atoms with E-state index >= 15 is 0 Å². The number of benzene rings is 5. The largest absolute Gasteiger partial charge is 0.506 e. The van der Waals surface area contributed by atoms with E-state index in [1.165, 1.54) is 12.1 Å². The minimum absolute atomic E-state index is 0.00584. The number of anilines is 1. The van der Waals surface area contributed by atoms with Gasteiger partial charge in [-0.25, -0.2) is 14.4 Å². The van der Waals surface area contributed by atoms with Gasteiger partial charge in [0, 0.05) is 43.3 Å². The number of ether oxygens (including phenoxy) is 3. The van der Waals surface area contributed by atoms with Crippen molar-refractivity contribution in [3.05, 3.63) is 171 Å². The number of likely N-dealkylation sites (N-methyl/N-ethyl adjacent to an activating group) is 1. The SMILES string of the molecule is CCN(CCOC(=O)c1ccc(COc2cccc([C@@H](NC(=O)OC3CN4CCC3CC4)c3ccccc3)c2)cc1)C(=O)Nc1ccc(CNCC(O)c2ccc(O)c3[nH]c(=O)ccc23)cc1. The van der Waals surface area contributed by atoms with Gasteiger partial charge in [-0.1, -0.05) is 72.8 Å². The number of hydrogen-bond donors (Lipinski definition) is 6. The highest BCUT2D eigenvalue weighted by molar-refractivity contribution is 5.90. The molecule has 348 valence electrons. The highest BCUT2D eigenvalue weighted by Crippen LogP contribution is 2.32. The second-order valence-electron chi connectivity index (χ2n) is 16.9. The Balaban J connectivity index is 0.766. The highest BCUT2D eigenvalue weighted by atomic mass is 16.6. The predicted octanol–water partition coefficient (Wildman–Crippen LogP) is 7.26. The van der Waals surface area contributed by atoms with Crippen LogP contribution in [0.3, 0.4) is 0 Å². The quantitative estimate of drug-likeness (QED) is 0.0476. The predicted molar refractivity (Wildman–Crippen MR) is 254 cm³/mol. The Morgan fingerprint density at radius 3 is 2.34 bits per heavy atom. The molecule has 3 saturated heterocycles. The van der Waals surface area contributed by atoms with Crippen molar-refractivity contribution in [3.63, 3.8) is 0 Å². The molecule has 0 saturated carbocycles. The number of esters is 1. The number of aromatic amines is 1. The van der Waals surface area contributed by atoms with Crippen LogP contribution in [0, 0.1) is 5.92 Å². The van der Waals surface area contributed by atoms with Gasteiger partial charge in [0.25, 0.3) is 0 Å². The van der Waals surface area contributed by atoms with Gasteiger partial charge in [0.1, 0.15) is 30.8 Å². The molecule has 5 aromatic carbocycles. The Kier molecular flexibility index (Phi) is 15.1. The molecule has 0 aliphatic carbocycles. The van der Waals surface area contributed by atoms with E-state index in [1.54, 1.807) is 53.4 Å². The number of H-pyrrole nitrogens is 1. The minimum Gasteiger partial charge on any atom is -0.506 e. The van der Waals surface area contributed by atoms with Gasteiger partial charge in [-0.3, -0.25) is 9.69 Å². The molecule has 9 rings (SSSR count). The summed E-state index contributed by atoms with van der Waals surface area (Å²) in [7, 11) is 0. The van der Waals surface area contributed by atoms with E-state index in [9.17, 15) is 29.4 Å². The lowest BCUT2D eigenvalue weighted by Gasteiger charge is -2.43. The van der Waals surface area contributed by atoms with Crippen molar-refractivity contribution < 1.29 is 38.8 Å². The van der Waals surface area contributed by atoms with Crippen molar-refractivity contribution in [1.82, 2.24) is 25.4 Å². The van der Waals surface area contributed by atoms with Gasteiger partial charge >= 0.3 is 18.1 Å². The van der Waals surface area contributed by atoms with E-state index < -0.39 is 24.2 Å². The van der Waals surface area contributed by atoms with Crippen LogP contribution < -0.4 is 26.2 Å². The van der Waals surface area contributed by atoms with Crippen molar-refractivity contribution in [2.24, 2.45) is 5.92 Å². The van der Waals surface area contributed by atoms with Gasteiger partial charge in [-0.05, 0) is 115 Å². The van der Waals surface area contributed by atoms with E-state index in [-0.39, 0.29) is 55.3 Å². The summed E-state index contributed by atoms with van der Waals surface area (Å²) in [6, 6.07) is 36.9. The Hall–Kier alpha value is -7.20. The number of alkyl carbamates (subject to hydrolysis) is 1. The number of urea groups is 1. The van der Waals surface area contributed by atoms with E-state index in [0.29, 0.717) is 47.0 Å². The summed E-state index contributed by atoms with van der Waals surface area (Å²) in [4.78, 5) is 57.5. The average Bonchev–Trinajstić information content (AvgIpc) is 3.35. The number of pyridine rings is 1. The summed E-state index contributed by atoms with van der Waals surface area (Å²) in [6.45, 7) is 6.28. The lowest BCUT2D eigenvalue weighted by Crippen LogP contribution is -2.52. The number of nitrogens with one attached hydrogen (secondary N) is 4. The van der Waals surface area contributed by atoms with E-state index in [0.717, 1.165) is 54.7 Å². The zero-order valence-electron chi connectivity index (χ0n) is 37.4. The van der Waals surface area contributed by atoms with Gasteiger partial charge in [-0.2, -0.15) is 0 Å². The summed E-state index contributed by atoms with van der Waals surface area (Å²) >= 11 is 0. The van der Waals surface area contributed by atoms with Crippen LogP contribution in [0.2, 0.25) is 0 Å². The molecule has 2 bridgehead atoms. The van der Waals surface area contributed by atoms with Crippen molar-refractivity contribution in [1.29, 1.82) is 0 Å². The number of phenols is 1. The van der Waals surface area contributed by atoms with Crippen LogP contribution in [0.5, 0.6) is 11.5 Å². The smallest absolute Gasteiger partial charge is 0.408 e. The van der Waals surface area contributed by atoms with Gasteiger partial charge in [0.15, 0.2) is 0 Å². The molecule has 15 heteroatoms. The van der Waals surface area contributed by atoms with Crippen LogP contribution >= 0.6 is 0 Å². The van der Waals surface area contributed by atoms with E-state index in [2.05, 4.69) is 25.8 Å². The fourth-order valence-corrected chi connectivity index (χ4v) is 8.68. The zero-order chi connectivity index (χ0) is 46.7. The summed E-state index contributed by atoms with van der Waals surface area (Å²) < 4.78 is 17.7. The third-order valence-corrected chi connectivity index (χ3v) is 12.4. The molecule has 3 aliphatic rings. The Morgan fingerprint density at radius 1 is 0.866 bits per heavy atom. The monoisotopic (exact) mass is 908 g/mol. The first-order valence-corrected chi connectivity index (χ1v) is 22.7. The first kappa shape index (κ1) is 46.3. The Labute approximate surface area is 388 Å². The lowest BCUT2D eigenvalue weighted by atomic mass is 9.86. The number of hydrogen-bond acceptors (Lipinski definition) is 11. The maximum Gasteiger partial charge on any atom is 0.408 e. The van der Waals surface area contributed by atoms with Gasteiger partial charge in [0.2, 0.25) is 5.56 Å². The summed E-state index contributed by atoms with van der Waals surface area (Å²) in [5, 5.41) is 30.8.